The fourth-order valence-electron chi connectivity index (χ4n) is 2.81. The predicted molar refractivity (Wildman–Crippen MR) is 94.7 cm³/mol. The predicted octanol–water partition coefficient (Wildman–Crippen LogP) is 2.18. The van der Waals surface area contributed by atoms with Crippen LogP contribution in [0.5, 0.6) is 11.5 Å². The minimum absolute atomic E-state index is 0.119. The number of ether oxygens (including phenoxy) is 2. The summed E-state index contributed by atoms with van der Waals surface area (Å²) in [4.78, 5) is 18.5. The van der Waals surface area contributed by atoms with Crippen molar-refractivity contribution in [3.05, 3.63) is 66.6 Å². The Morgan fingerprint density at radius 3 is 2.81 bits per heavy atom. The van der Waals surface area contributed by atoms with Gasteiger partial charge in [0.05, 0.1) is 12.1 Å². The van der Waals surface area contributed by atoms with Crippen LogP contribution in [-0.2, 0) is 0 Å². The van der Waals surface area contributed by atoms with Crippen molar-refractivity contribution < 1.29 is 14.3 Å². The van der Waals surface area contributed by atoms with E-state index >= 15 is 0 Å². The van der Waals surface area contributed by atoms with Crippen LogP contribution in [0, 0.1) is 0 Å². The van der Waals surface area contributed by atoms with Crippen molar-refractivity contribution in [1.29, 1.82) is 0 Å². The zero-order valence-electron chi connectivity index (χ0n) is 14.3. The number of rotatable bonds is 4. The van der Waals surface area contributed by atoms with E-state index in [2.05, 4.69) is 10.1 Å². The van der Waals surface area contributed by atoms with Crippen molar-refractivity contribution in [1.82, 2.24) is 19.7 Å². The lowest BCUT2D eigenvalue weighted by atomic mass is 10.2. The van der Waals surface area contributed by atoms with E-state index in [-0.39, 0.29) is 12.0 Å². The van der Waals surface area contributed by atoms with Gasteiger partial charge in [-0.3, -0.25) is 4.79 Å². The number of fused-ring (bicyclic) bond motifs is 1. The highest BCUT2D eigenvalue weighted by molar-refractivity contribution is 5.93. The number of para-hydroxylation sites is 2. The number of pyridine rings is 1. The Kier molecular flexibility index (Phi) is 4.27. The van der Waals surface area contributed by atoms with Crippen LogP contribution in [0.25, 0.3) is 5.82 Å². The molecule has 26 heavy (non-hydrogen) atoms. The molecule has 0 saturated carbocycles. The minimum atomic E-state index is -0.213. The van der Waals surface area contributed by atoms with E-state index in [1.165, 1.54) is 0 Å². The molecule has 0 saturated heterocycles. The zero-order chi connectivity index (χ0) is 17.9. The monoisotopic (exact) mass is 350 g/mol. The van der Waals surface area contributed by atoms with Gasteiger partial charge in [-0.15, -0.1) is 0 Å². The first-order chi connectivity index (χ1) is 12.7. The Bertz CT molecular complexity index is 893. The molecule has 3 aromatic rings. The molecule has 0 bridgehead atoms. The second kappa shape index (κ2) is 6.87. The summed E-state index contributed by atoms with van der Waals surface area (Å²) in [6, 6.07) is 12.9. The third kappa shape index (κ3) is 3.23. The van der Waals surface area contributed by atoms with E-state index in [0.29, 0.717) is 30.3 Å². The van der Waals surface area contributed by atoms with Crippen molar-refractivity contribution in [3.63, 3.8) is 0 Å². The highest BCUT2D eigenvalue weighted by atomic mass is 16.6. The molecule has 0 radical (unpaired) electrons. The van der Waals surface area contributed by atoms with E-state index in [1.54, 1.807) is 47.4 Å². The zero-order valence-corrected chi connectivity index (χ0v) is 14.3. The van der Waals surface area contributed by atoms with Crippen LogP contribution in [-0.4, -0.2) is 51.9 Å². The Morgan fingerprint density at radius 2 is 2.08 bits per heavy atom. The SMILES string of the molecule is CN(C[C@H]1COc2ccccc2O1)C(=O)c1ccc(-n2cccn2)nc1. The summed E-state index contributed by atoms with van der Waals surface area (Å²) < 4.78 is 13.2. The molecule has 0 unspecified atom stereocenters. The molecule has 0 aliphatic carbocycles. The Labute approximate surface area is 150 Å². The maximum Gasteiger partial charge on any atom is 0.255 e. The van der Waals surface area contributed by atoms with Crippen molar-refractivity contribution in [2.75, 3.05) is 20.2 Å². The molecular weight excluding hydrogens is 332 g/mol. The van der Waals surface area contributed by atoms with E-state index < -0.39 is 0 Å². The maximum absolute atomic E-state index is 12.6. The van der Waals surface area contributed by atoms with E-state index in [0.717, 1.165) is 5.75 Å². The summed E-state index contributed by atoms with van der Waals surface area (Å²) in [6.07, 6.45) is 4.83. The second-order valence-electron chi connectivity index (χ2n) is 6.04. The molecular formula is C19H18N4O3. The van der Waals surface area contributed by atoms with Gasteiger partial charge in [-0.2, -0.15) is 5.10 Å². The average Bonchev–Trinajstić information content (AvgIpc) is 3.22. The van der Waals surface area contributed by atoms with Crippen molar-refractivity contribution >= 4 is 5.91 Å². The molecule has 0 fully saturated rings. The molecule has 3 heterocycles. The molecule has 4 rings (SSSR count). The number of aromatic nitrogens is 3. The number of carbonyl (C=O) groups excluding carboxylic acids is 1. The smallest absolute Gasteiger partial charge is 0.255 e. The lowest BCUT2D eigenvalue weighted by molar-refractivity contribution is 0.0520. The molecule has 1 aliphatic rings. The molecule has 1 aromatic carbocycles. The summed E-state index contributed by atoms with van der Waals surface area (Å²) in [5.74, 6) is 1.98. The molecule has 7 heteroatoms. The van der Waals surface area contributed by atoms with Gasteiger partial charge in [-0.1, -0.05) is 12.1 Å². The fourth-order valence-corrected chi connectivity index (χ4v) is 2.81. The lowest BCUT2D eigenvalue weighted by Crippen LogP contribution is -2.41. The second-order valence-corrected chi connectivity index (χ2v) is 6.04. The Balaban J connectivity index is 1.40. The van der Waals surface area contributed by atoms with Gasteiger partial charge in [0.1, 0.15) is 6.61 Å². The maximum atomic E-state index is 12.6. The number of benzene rings is 1. The molecule has 1 amide bonds. The number of hydrogen-bond donors (Lipinski definition) is 0. The number of amides is 1. The summed E-state index contributed by atoms with van der Waals surface area (Å²) in [7, 11) is 1.74. The van der Waals surface area contributed by atoms with Gasteiger partial charge in [0.15, 0.2) is 23.4 Å². The number of carbonyl (C=O) groups is 1. The van der Waals surface area contributed by atoms with Gasteiger partial charge in [-0.05, 0) is 30.3 Å². The van der Waals surface area contributed by atoms with Crippen LogP contribution in [0.15, 0.2) is 61.1 Å². The minimum Gasteiger partial charge on any atom is -0.486 e. The van der Waals surface area contributed by atoms with Crippen LogP contribution in [0.4, 0.5) is 0 Å². The first kappa shape index (κ1) is 16.1. The van der Waals surface area contributed by atoms with Crippen molar-refractivity contribution in [2.24, 2.45) is 0 Å². The lowest BCUT2D eigenvalue weighted by Gasteiger charge is -2.29. The first-order valence-electron chi connectivity index (χ1n) is 8.31. The van der Waals surface area contributed by atoms with Crippen LogP contribution in [0.2, 0.25) is 0 Å². The number of likely N-dealkylation sites (N-methyl/N-ethyl adjacent to an activating group) is 1. The summed E-state index contributed by atoms with van der Waals surface area (Å²) in [5.41, 5.74) is 0.514. The Hall–Kier alpha value is -3.35. The van der Waals surface area contributed by atoms with Gasteiger partial charge < -0.3 is 14.4 Å². The number of hydrogen-bond acceptors (Lipinski definition) is 5. The topological polar surface area (TPSA) is 69.5 Å². The highest BCUT2D eigenvalue weighted by Gasteiger charge is 2.24. The van der Waals surface area contributed by atoms with Gasteiger partial charge in [0, 0.05) is 25.6 Å². The normalized spacial score (nSPS) is 15.5. The molecule has 132 valence electrons. The van der Waals surface area contributed by atoms with Gasteiger partial charge in [0.25, 0.3) is 5.91 Å². The van der Waals surface area contributed by atoms with Crippen LogP contribution in [0.3, 0.4) is 0 Å². The summed E-state index contributed by atoms with van der Waals surface area (Å²) >= 11 is 0. The molecule has 0 spiro atoms. The highest BCUT2D eigenvalue weighted by Crippen LogP contribution is 2.31. The van der Waals surface area contributed by atoms with Crippen LogP contribution < -0.4 is 9.47 Å². The molecule has 7 nitrogen and oxygen atoms in total. The van der Waals surface area contributed by atoms with Crippen molar-refractivity contribution in [2.45, 2.75) is 6.10 Å². The first-order valence-corrected chi connectivity index (χ1v) is 8.31. The Morgan fingerprint density at radius 1 is 1.23 bits per heavy atom. The summed E-state index contributed by atoms with van der Waals surface area (Å²) in [5, 5.41) is 4.12. The molecule has 1 aliphatic heterocycles. The van der Waals surface area contributed by atoms with Gasteiger partial charge >= 0.3 is 0 Å². The standard InChI is InChI=1S/C19H18N4O3/c1-22(12-15-13-25-16-5-2-3-6-17(16)26-15)19(24)14-7-8-18(20-11-14)23-10-4-9-21-23/h2-11,15H,12-13H2,1H3/t15-/m0/s1. The van der Waals surface area contributed by atoms with Gasteiger partial charge in [-0.25, -0.2) is 9.67 Å². The van der Waals surface area contributed by atoms with E-state index in [9.17, 15) is 4.79 Å². The molecule has 1 atom stereocenters. The largest absolute Gasteiger partial charge is 0.486 e. The van der Waals surface area contributed by atoms with Crippen LogP contribution >= 0.6 is 0 Å². The fraction of sp³-hybridized carbons (Fsp3) is 0.211. The third-order valence-corrected chi connectivity index (χ3v) is 4.13. The van der Waals surface area contributed by atoms with Crippen LogP contribution in [0.1, 0.15) is 10.4 Å². The molecule has 2 aromatic heterocycles. The quantitative estimate of drug-likeness (QED) is 0.721. The van der Waals surface area contributed by atoms with E-state index in [4.69, 9.17) is 9.47 Å². The average molecular weight is 350 g/mol. The summed E-state index contributed by atoms with van der Waals surface area (Å²) in [6.45, 7) is 0.833. The van der Waals surface area contributed by atoms with Crippen molar-refractivity contribution in [3.8, 4) is 17.3 Å². The molecule has 0 N–H and O–H groups in total. The van der Waals surface area contributed by atoms with E-state index in [1.807, 2.05) is 30.3 Å². The number of nitrogens with zero attached hydrogens (tertiary/aromatic N) is 4. The third-order valence-electron chi connectivity index (χ3n) is 4.13. The van der Waals surface area contributed by atoms with Gasteiger partial charge in [0.2, 0.25) is 0 Å².